The van der Waals surface area contributed by atoms with Gasteiger partial charge in [-0.3, -0.25) is 0 Å². The van der Waals surface area contributed by atoms with Gasteiger partial charge in [-0.15, -0.1) is 0 Å². The summed E-state index contributed by atoms with van der Waals surface area (Å²) in [4.78, 5) is 0. The SMILES string of the molecule is c1ccc(C(NCc2cccc3ccccc23)C(NCc2cccc3ccccc23)c2ccccc2)cc1. The van der Waals surface area contributed by atoms with Crippen LogP contribution in [0.3, 0.4) is 0 Å². The molecule has 0 amide bonds. The predicted molar refractivity (Wildman–Crippen MR) is 160 cm³/mol. The van der Waals surface area contributed by atoms with Crippen LogP contribution in [0.15, 0.2) is 146 Å². The molecule has 0 aromatic heterocycles. The molecule has 6 aromatic carbocycles. The first kappa shape index (κ1) is 24.1. The largest absolute Gasteiger partial charge is 0.304 e. The monoisotopic (exact) mass is 492 g/mol. The topological polar surface area (TPSA) is 24.1 Å². The summed E-state index contributed by atoms with van der Waals surface area (Å²) in [5.74, 6) is 0. The van der Waals surface area contributed by atoms with Crippen LogP contribution < -0.4 is 10.6 Å². The molecule has 2 N–H and O–H groups in total. The third kappa shape index (κ3) is 5.24. The lowest BCUT2D eigenvalue weighted by Crippen LogP contribution is -2.35. The fourth-order valence-corrected chi connectivity index (χ4v) is 5.51. The van der Waals surface area contributed by atoms with Gasteiger partial charge in [-0.2, -0.15) is 0 Å². The molecule has 0 aliphatic carbocycles. The third-order valence-corrected chi connectivity index (χ3v) is 7.44. The number of fused-ring (bicyclic) bond motifs is 2. The molecule has 0 bridgehead atoms. The van der Waals surface area contributed by atoms with E-state index in [2.05, 4.69) is 156 Å². The van der Waals surface area contributed by atoms with E-state index in [1.807, 2.05) is 0 Å². The lowest BCUT2D eigenvalue weighted by atomic mass is 9.92. The smallest absolute Gasteiger partial charge is 0.0521 e. The Labute approximate surface area is 225 Å². The van der Waals surface area contributed by atoms with Crippen molar-refractivity contribution in [2.24, 2.45) is 0 Å². The maximum Gasteiger partial charge on any atom is 0.0521 e. The number of nitrogens with one attached hydrogen (secondary N) is 2. The summed E-state index contributed by atoms with van der Waals surface area (Å²) < 4.78 is 0. The summed E-state index contributed by atoms with van der Waals surface area (Å²) in [5.41, 5.74) is 5.16. The fourth-order valence-electron chi connectivity index (χ4n) is 5.51. The lowest BCUT2D eigenvalue weighted by Gasteiger charge is -2.31. The van der Waals surface area contributed by atoms with Crippen LogP contribution in [-0.4, -0.2) is 0 Å². The summed E-state index contributed by atoms with van der Waals surface area (Å²) in [5, 5.41) is 13.1. The second kappa shape index (κ2) is 11.4. The van der Waals surface area contributed by atoms with Crippen LogP contribution in [0, 0.1) is 0 Å². The Hall–Kier alpha value is -4.24. The molecule has 0 saturated heterocycles. The Balaban J connectivity index is 1.35. The molecule has 2 nitrogen and oxygen atoms in total. The zero-order chi connectivity index (χ0) is 25.6. The molecule has 0 aliphatic heterocycles. The van der Waals surface area contributed by atoms with Gasteiger partial charge in [0.25, 0.3) is 0 Å². The van der Waals surface area contributed by atoms with E-state index < -0.39 is 0 Å². The number of benzene rings is 6. The second-order valence-electron chi connectivity index (χ2n) is 9.82. The van der Waals surface area contributed by atoms with Gasteiger partial charge in [-0.05, 0) is 43.8 Å². The van der Waals surface area contributed by atoms with Gasteiger partial charge in [-0.1, -0.05) is 146 Å². The average molecular weight is 493 g/mol. The number of rotatable bonds is 9. The van der Waals surface area contributed by atoms with Crippen molar-refractivity contribution in [3.63, 3.8) is 0 Å². The van der Waals surface area contributed by atoms with Gasteiger partial charge in [0.1, 0.15) is 0 Å². The van der Waals surface area contributed by atoms with Crippen LogP contribution >= 0.6 is 0 Å². The van der Waals surface area contributed by atoms with Crippen LogP contribution in [0.1, 0.15) is 34.3 Å². The second-order valence-corrected chi connectivity index (χ2v) is 9.82. The minimum atomic E-state index is 0.0764. The molecular weight excluding hydrogens is 460 g/mol. The van der Waals surface area contributed by atoms with Crippen LogP contribution in [0.25, 0.3) is 21.5 Å². The van der Waals surface area contributed by atoms with E-state index in [0.717, 1.165) is 13.1 Å². The molecule has 2 atom stereocenters. The van der Waals surface area contributed by atoms with E-state index in [1.54, 1.807) is 0 Å². The molecule has 0 spiro atoms. The molecule has 2 unspecified atom stereocenters. The van der Waals surface area contributed by atoms with E-state index in [4.69, 9.17) is 0 Å². The van der Waals surface area contributed by atoms with Crippen LogP contribution in [0.5, 0.6) is 0 Å². The van der Waals surface area contributed by atoms with Crippen molar-refractivity contribution in [2.45, 2.75) is 25.2 Å². The maximum atomic E-state index is 3.95. The maximum absolute atomic E-state index is 3.95. The molecule has 38 heavy (non-hydrogen) atoms. The summed E-state index contributed by atoms with van der Waals surface area (Å²) in [7, 11) is 0. The van der Waals surface area contributed by atoms with Gasteiger partial charge < -0.3 is 10.6 Å². The standard InChI is InChI=1S/C36H32N2/c1-3-15-29(16-4-1)35(37-25-31-21-11-19-27-13-7-9-23-33(27)31)36(30-17-5-2-6-18-30)38-26-32-22-12-20-28-14-8-10-24-34(28)32/h1-24,35-38H,25-26H2. The highest BCUT2D eigenvalue weighted by molar-refractivity contribution is 5.86. The average Bonchev–Trinajstić information content (AvgIpc) is 2.99. The molecule has 186 valence electrons. The van der Waals surface area contributed by atoms with Crippen LogP contribution in [0.2, 0.25) is 0 Å². The van der Waals surface area contributed by atoms with Crippen molar-refractivity contribution in [3.05, 3.63) is 168 Å². The Kier molecular flexibility index (Phi) is 7.26. The van der Waals surface area contributed by atoms with Gasteiger partial charge in [0, 0.05) is 13.1 Å². The van der Waals surface area contributed by atoms with E-state index in [0.29, 0.717) is 0 Å². The summed E-state index contributed by atoms with van der Waals surface area (Å²) in [6.45, 7) is 1.56. The van der Waals surface area contributed by atoms with Crippen LogP contribution in [-0.2, 0) is 13.1 Å². The summed E-state index contributed by atoms with van der Waals surface area (Å²) in [6, 6.07) is 52.2. The Morgan fingerprint density at radius 1 is 0.368 bits per heavy atom. The Morgan fingerprint density at radius 2 is 0.737 bits per heavy atom. The van der Waals surface area contributed by atoms with Gasteiger partial charge >= 0.3 is 0 Å². The van der Waals surface area contributed by atoms with Crippen molar-refractivity contribution in [1.29, 1.82) is 0 Å². The zero-order valence-corrected chi connectivity index (χ0v) is 21.4. The fraction of sp³-hybridized carbons (Fsp3) is 0.111. The van der Waals surface area contributed by atoms with E-state index >= 15 is 0 Å². The molecular formula is C36H32N2. The van der Waals surface area contributed by atoms with Gasteiger partial charge in [0.15, 0.2) is 0 Å². The third-order valence-electron chi connectivity index (χ3n) is 7.44. The number of hydrogen-bond donors (Lipinski definition) is 2. The molecule has 0 radical (unpaired) electrons. The van der Waals surface area contributed by atoms with Gasteiger partial charge in [0.2, 0.25) is 0 Å². The minimum absolute atomic E-state index is 0.0764. The zero-order valence-electron chi connectivity index (χ0n) is 21.4. The van der Waals surface area contributed by atoms with Gasteiger partial charge in [0.05, 0.1) is 12.1 Å². The van der Waals surface area contributed by atoms with E-state index in [1.165, 1.54) is 43.8 Å². The Bertz CT molecular complexity index is 1490. The molecule has 0 aliphatic rings. The Morgan fingerprint density at radius 3 is 1.18 bits per heavy atom. The van der Waals surface area contributed by atoms with Crippen LogP contribution in [0.4, 0.5) is 0 Å². The first-order valence-electron chi connectivity index (χ1n) is 13.4. The highest BCUT2D eigenvalue weighted by Crippen LogP contribution is 2.31. The first-order chi connectivity index (χ1) is 18.9. The minimum Gasteiger partial charge on any atom is -0.304 e. The highest BCUT2D eigenvalue weighted by atomic mass is 15.0. The van der Waals surface area contributed by atoms with E-state index in [-0.39, 0.29) is 12.1 Å². The molecule has 0 fully saturated rings. The van der Waals surface area contributed by atoms with Crippen molar-refractivity contribution in [2.75, 3.05) is 0 Å². The highest BCUT2D eigenvalue weighted by Gasteiger charge is 2.24. The predicted octanol–water partition coefficient (Wildman–Crippen LogP) is 8.36. The van der Waals surface area contributed by atoms with Crippen molar-refractivity contribution < 1.29 is 0 Å². The molecule has 6 rings (SSSR count). The normalized spacial score (nSPS) is 12.9. The van der Waals surface area contributed by atoms with Crippen molar-refractivity contribution in [1.82, 2.24) is 10.6 Å². The molecule has 2 heteroatoms. The summed E-state index contributed by atoms with van der Waals surface area (Å²) >= 11 is 0. The molecule has 6 aromatic rings. The molecule has 0 heterocycles. The quantitative estimate of drug-likeness (QED) is 0.212. The number of hydrogen-bond acceptors (Lipinski definition) is 2. The van der Waals surface area contributed by atoms with Gasteiger partial charge in [-0.25, -0.2) is 0 Å². The van der Waals surface area contributed by atoms with Crippen molar-refractivity contribution in [3.8, 4) is 0 Å². The molecule has 0 saturated carbocycles. The lowest BCUT2D eigenvalue weighted by molar-refractivity contribution is 0.382. The first-order valence-corrected chi connectivity index (χ1v) is 13.4. The van der Waals surface area contributed by atoms with Crippen molar-refractivity contribution >= 4 is 21.5 Å². The summed E-state index contributed by atoms with van der Waals surface area (Å²) in [6.07, 6.45) is 0. The van der Waals surface area contributed by atoms with E-state index in [9.17, 15) is 0 Å².